The van der Waals surface area contributed by atoms with Crippen LogP contribution in [-0.2, 0) is 27.3 Å². The molecule has 2 atom stereocenters. The van der Waals surface area contributed by atoms with E-state index < -0.39 is 5.60 Å². The number of amides is 2. The summed E-state index contributed by atoms with van der Waals surface area (Å²) >= 11 is 0. The van der Waals surface area contributed by atoms with Crippen molar-refractivity contribution in [3.8, 4) is 0 Å². The number of rotatable bonds is 5. The molecule has 0 N–H and O–H groups in total. The van der Waals surface area contributed by atoms with Gasteiger partial charge in [0.1, 0.15) is 12.4 Å². The van der Waals surface area contributed by atoms with E-state index in [1.54, 1.807) is 12.1 Å². The Morgan fingerprint density at radius 3 is 2.60 bits per heavy atom. The fourth-order valence-corrected chi connectivity index (χ4v) is 4.36. The van der Waals surface area contributed by atoms with E-state index in [1.807, 2.05) is 47.1 Å². The maximum absolute atomic E-state index is 13.1. The molecule has 2 aromatic rings. The molecule has 2 aliphatic heterocycles. The van der Waals surface area contributed by atoms with Crippen molar-refractivity contribution < 1.29 is 18.7 Å². The van der Waals surface area contributed by atoms with Crippen LogP contribution in [0, 0.1) is 5.82 Å². The third-order valence-electron chi connectivity index (χ3n) is 6.29. The zero-order valence-electron chi connectivity index (χ0n) is 17.2. The van der Waals surface area contributed by atoms with Gasteiger partial charge in [0.25, 0.3) is 0 Å². The Bertz CT molecular complexity index is 902. The van der Waals surface area contributed by atoms with Gasteiger partial charge in [-0.3, -0.25) is 9.59 Å². The minimum absolute atomic E-state index is 0.0399. The molecule has 0 saturated carbocycles. The average Bonchev–Trinajstić information content (AvgIpc) is 2.76. The number of benzene rings is 2. The van der Waals surface area contributed by atoms with E-state index in [0.29, 0.717) is 38.9 Å². The summed E-state index contributed by atoms with van der Waals surface area (Å²) in [5, 5.41) is 0. The summed E-state index contributed by atoms with van der Waals surface area (Å²) in [5.41, 5.74) is 1.56. The Kier molecular flexibility index (Phi) is 5.86. The highest BCUT2D eigenvalue weighted by molar-refractivity contribution is 5.80. The van der Waals surface area contributed by atoms with E-state index in [-0.39, 0.29) is 30.3 Å². The molecule has 0 aliphatic carbocycles. The molecule has 2 heterocycles. The third-order valence-corrected chi connectivity index (χ3v) is 6.29. The molecule has 0 spiro atoms. The molecular weight excluding hydrogens is 383 g/mol. The van der Waals surface area contributed by atoms with Crippen molar-refractivity contribution in [1.29, 1.82) is 0 Å². The summed E-state index contributed by atoms with van der Waals surface area (Å²) < 4.78 is 19.0. The third kappa shape index (κ3) is 4.38. The highest BCUT2D eigenvalue weighted by Gasteiger charge is 2.49. The summed E-state index contributed by atoms with van der Waals surface area (Å²) in [6, 6.07) is 16.0. The summed E-state index contributed by atoms with van der Waals surface area (Å²) in [6.07, 6.45) is 1.63. The number of likely N-dealkylation sites (tertiary alicyclic amines) is 1. The second-order valence-corrected chi connectivity index (χ2v) is 8.34. The van der Waals surface area contributed by atoms with Crippen molar-refractivity contribution in [2.24, 2.45) is 0 Å². The quantitative estimate of drug-likeness (QED) is 0.761. The SMILES string of the molecule is C[C@@]12CCN(C(=O)CCc3ccc(F)cc3)C[C@H]1N(Cc1ccccc1)C(=O)CO2. The molecule has 6 heteroatoms. The van der Waals surface area contributed by atoms with E-state index in [9.17, 15) is 14.0 Å². The van der Waals surface area contributed by atoms with Gasteiger partial charge < -0.3 is 14.5 Å². The van der Waals surface area contributed by atoms with Gasteiger partial charge in [0.15, 0.2) is 0 Å². The van der Waals surface area contributed by atoms with Gasteiger partial charge in [-0.15, -0.1) is 0 Å². The molecular formula is C24H27FN2O3. The number of hydrogen-bond acceptors (Lipinski definition) is 3. The van der Waals surface area contributed by atoms with Crippen LogP contribution >= 0.6 is 0 Å². The minimum Gasteiger partial charge on any atom is -0.363 e. The Hall–Kier alpha value is -2.73. The largest absolute Gasteiger partial charge is 0.363 e. The van der Waals surface area contributed by atoms with Gasteiger partial charge in [-0.1, -0.05) is 42.5 Å². The van der Waals surface area contributed by atoms with E-state index in [2.05, 4.69) is 0 Å². The first-order valence-corrected chi connectivity index (χ1v) is 10.4. The number of morpholine rings is 1. The first kappa shape index (κ1) is 20.5. The van der Waals surface area contributed by atoms with Gasteiger partial charge in [-0.25, -0.2) is 4.39 Å². The van der Waals surface area contributed by atoms with Gasteiger partial charge in [-0.2, -0.15) is 0 Å². The number of carbonyl (C=O) groups is 2. The molecule has 30 heavy (non-hydrogen) atoms. The Labute approximate surface area is 176 Å². The number of fused-ring (bicyclic) bond motifs is 1. The first-order valence-electron chi connectivity index (χ1n) is 10.4. The van der Waals surface area contributed by atoms with Crippen molar-refractivity contribution >= 4 is 11.8 Å². The maximum atomic E-state index is 13.1. The van der Waals surface area contributed by atoms with E-state index in [4.69, 9.17) is 4.74 Å². The number of hydrogen-bond donors (Lipinski definition) is 0. The number of ether oxygens (including phenoxy) is 1. The number of aryl methyl sites for hydroxylation is 1. The average molecular weight is 410 g/mol. The number of carbonyl (C=O) groups excluding carboxylic acids is 2. The molecule has 0 aromatic heterocycles. The Balaban J connectivity index is 1.44. The summed E-state index contributed by atoms with van der Waals surface area (Å²) in [4.78, 5) is 29.3. The van der Waals surface area contributed by atoms with Gasteiger partial charge in [0, 0.05) is 26.1 Å². The first-order chi connectivity index (χ1) is 14.4. The van der Waals surface area contributed by atoms with Crippen LogP contribution in [0.1, 0.15) is 30.9 Å². The summed E-state index contributed by atoms with van der Waals surface area (Å²) in [6.45, 7) is 3.72. The number of piperidine rings is 1. The van der Waals surface area contributed by atoms with Crippen molar-refractivity contribution in [3.63, 3.8) is 0 Å². The molecule has 2 amide bonds. The van der Waals surface area contributed by atoms with Crippen LogP contribution in [0.2, 0.25) is 0 Å². The zero-order chi connectivity index (χ0) is 21.1. The molecule has 2 saturated heterocycles. The van der Waals surface area contributed by atoms with Crippen molar-refractivity contribution in [2.75, 3.05) is 19.7 Å². The lowest BCUT2D eigenvalue weighted by molar-refractivity contribution is -0.190. The smallest absolute Gasteiger partial charge is 0.249 e. The second kappa shape index (κ2) is 8.56. The van der Waals surface area contributed by atoms with Crippen LogP contribution in [0.4, 0.5) is 4.39 Å². The molecule has 0 radical (unpaired) electrons. The lowest BCUT2D eigenvalue weighted by Gasteiger charge is -2.52. The summed E-state index contributed by atoms with van der Waals surface area (Å²) in [7, 11) is 0. The lowest BCUT2D eigenvalue weighted by Crippen LogP contribution is -2.67. The molecule has 5 nitrogen and oxygen atoms in total. The van der Waals surface area contributed by atoms with Gasteiger partial charge >= 0.3 is 0 Å². The fourth-order valence-electron chi connectivity index (χ4n) is 4.36. The molecule has 2 fully saturated rings. The minimum atomic E-state index is -0.448. The van der Waals surface area contributed by atoms with Crippen molar-refractivity contribution in [2.45, 2.75) is 44.4 Å². The van der Waals surface area contributed by atoms with Gasteiger partial charge in [-0.05, 0) is 43.0 Å². The molecule has 2 aliphatic rings. The highest BCUT2D eigenvalue weighted by atomic mass is 19.1. The lowest BCUT2D eigenvalue weighted by atomic mass is 9.85. The molecule has 158 valence electrons. The van der Waals surface area contributed by atoms with E-state index >= 15 is 0 Å². The molecule has 0 unspecified atom stereocenters. The number of nitrogens with zero attached hydrogens (tertiary/aromatic N) is 2. The highest BCUT2D eigenvalue weighted by Crippen LogP contribution is 2.34. The molecule has 0 bridgehead atoms. The van der Waals surface area contributed by atoms with Crippen molar-refractivity contribution in [1.82, 2.24) is 9.80 Å². The van der Waals surface area contributed by atoms with E-state index in [1.165, 1.54) is 12.1 Å². The zero-order valence-corrected chi connectivity index (χ0v) is 17.2. The summed E-state index contributed by atoms with van der Waals surface area (Å²) in [5.74, 6) is -0.262. The van der Waals surface area contributed by atoms with E-state index in [0.717, 1.165) is 11.1 Å². The van der Waals surface area contributed by atoms with Gasteiger partial charge in [0.2, 0.25) is 11.8 Å². The van der Waals surface area contributed by atoms with Crippen LogP contribution < -0.4 is 0 Å². The maximum Gasteiger partial charge on any atom is 0.249 e. The Morgan fingerprint density at radius 2 is 1.87 bits per heavy atom. The second-order valence-electron chi connectivity index (χ2n) is 8.34. The Morgan fingerprint density at radius 1 is 1.13 bits per heavy atom. The standard InChI is InChI=1S/C24H27FN2O3/c1-24-13-14-26(22(28)12-9-18-7-10-20(25)11-8-18)16-21(24)27(23(29)17-30-24)15-19-5-3-2-4-6-19/h2-8,10-11,21H,9,12-17H2,1H3/t21-,24-/m1/s1. The van der Waals surface area contributed by atoms with Crippen LogP contribution in [-0.4, -0.2) is 53.0 Å². The van der Waals surface area contributed by atoms with Crippen LogP contribution in [0.5, 0.6) is 0 Å². The fraction of sp³-hybridized carbons (Fsp3) is 0.417. The topological polar surface area (TPSA) is 49.9 Å². The van der Waals surface area contributed by atoms with Crippen molar-refractivity contribution in [3.05, 3.63) is 71.5 Å². The predicted octanol–water partition coefficient (Wildman–Crippen LogP) is 3.18. The monoisotopic (exact) mass is 410 g/mol. The van der Waals surface area contributed by atoms with Crippen LogP contribution in [0.15, 0.2) is 54.6 Å². The molecule has 2 aromatic carbocycles. The molecule has 4 rings (SSSR count). The normalized spacial score (nSPS) is 23.9. The predicted molar refractivity (Wildman–Crippen MR) is 111 cm³/mol. The van der Waals surface area contributed by atoms with Gasteiger partial charge in [0.05, 0.1) is 11.6 Å². The van der Waals surface area contributed by atoms with Crippen LogP contribution in [0.3, 0.4) is 0 Å². The van der Waals surface area contributed by atoms with Crippen LogP contribution in [0.25, 0.3) is 0 Å². The number of halogens is 1.